The molecule has 0 saturated carbocycles. The van der Waals surface area contributed by atoms with Crippen LogP contribution in [0.25, 0.3) is 0 Å². The molecule has 1 rings (SSSR count). The molecule has 0 aliphatic carbocycles. The van der Waals surface area contributed by atoms with Crippen LogP contribution in [0.2, 0.25) is 0 Å². The summed E-state index contributed by atoms with van der Waals surface area (Å²) < 4.78 is 32.2. The highest BCUT2D eigenvalue weighted by molar-refractivity contribution is 9.10. The number of ether oxygens (including phenoxy) is 1. The lowest BCUT2D eigenvalue weighted by atomic mass is 10.1. The highest BCUT2D eigenvalue weighted by atomic mass is 79.9. The molecule has 0 fully saturated rings. The van der Waals surface area contributed by atoms with Gasteiger partial charge in [-0.25, -0.2) is 8.78 Å². The van der Waals surface area contributed by atoms with E-state index in [0.717, 1.165) is 6.42 Å². The van der Waals surface area contributed by atoms with Gasteiger partial charge < -0.3 is 9.84 Å². The van der Waals surface area contributed by atoms with Gasteiger partial charge >= 0.3 is 0 Å². The third-order valence-electron chi connectivity index (χ3n) is 2.24. The Bertz CT molecular complexity index is 372. The molecule has 0 saturated heterocycles. The van der Waals surface area contributed by atoms with Gasteiger partial charge in [-0.1, -0.05) is 6.92 Å². The van der Waals surface area contributed by atoms with E-state index in [0.29, 0.717) is 6.61 Å². The zero-order chi connectivity index (χ0) is 12.8. The lowest BCUT2D eigenvalue weighted by molar-refractivity contribution is 0.0366. The van der Waals surface area contributed by atoms with E-state index in [9.17, 15) is 13.9 Å². The first kappa shape index (κ1) is 14.5. The lowest BCUT2D eigenvalue weighted by Gasteiger charge is -2.12. The predicted molar refractivity (Wildman–Crippen MR) is 64.9 cm³/mol. The van der Waals surface area contributed by atoms with Crippen LogP contribution in [0.5, 0.6) is 0 Å². The molecule has 1 N–H and O–H groups in total. The summed E-state index contributed by atoms with van der Waals surface area (Å²) in [7, 11) is 0. The van der Waals surface area contributed by atoms with Gasteiger partial charge in [0.15, 0.2) is 0 Å². The Labute approximate surface area is 108 Å². The lowest BCUT2D eigenvalue weighted by Crippen LogP contribution is -2.20. The molecule has 1 unspecified atom stereocenters. The Morgan fingerprint density at radius 2 is 2.12 bits per heavy atom. The molecule has 0 heterocycles. The number of benzene rings is 1. The number of rotatable bonds is 6. The second-order valence-electron chi connectivity index (χ2n) is 3.75. The van der Waals surface area contributed by atoms with E-state index in [-0.39, 0.29) is 23.1 Å². The second kappa shape index (κ2) is 7.03. The van der Waals surface area contributed by atoms with Gasteiger partial charge in [0.25, 0.3) is 0 Å². The van der Waals surface area contributed by atoms with Crippen LogP contribution in [0.3, 0.4) is 0 Å². The van der Waals surface area contributed by atoms with E-state index >= 15 is 0 Å². The van der Waals surface area contributed by atoms with Gasteiger partial charge in [0.1, 0.15) is 11.6 Å². The van der Waals surface area contributed by atoms with Gasteiger partial charge in [-0.2, -0.15) is 0 Å². The van der Waals surface area contributed by atoms with Crippen molar-refractivity contribution in [2.45, 2.75) is 25.9 Å². The maximum absolute atomic E-state index is 13.6. The largest absolute Gasteiger partial charge is 0.390 e. The smallest absolute Gasteiger partial charge is 0.143 e. The van der Waals surface area contributed by atoms with Crippen molar-refractivity contribution in [2.24, 2.45) is 0 Å². The molecule has 0 aliphatic heterocycles. The van der Waals surface area contributed by atoms with Crippen molar-refractivity contribution >= 4 is 15.9 Å². The molecule has 1 aromatic carbocycles. The summed E-state index contributed by atoms with van der Waals surface area (Å²) in [5.41, 5.74) is -0.119. The van der Waals surface area contributed by atoms with Crippen LogP contribution < -0.4 is 0 Å². The Morgan fingerprint density at radius 1 is 1.41 bits per heavy atom. The van der Waals surface area contributed by atoms with E-state index in [1.54, 1.807) is 0 Å². The Morgan fingerprint density at radius 3 is 2.76 bits per heavy atom. The van der Waals surface area contributed by atoms with Crippen molar-refractivity contribution in [1.29, 1.82) is 0 Å². The number of hydrogen-bond acceptors (Lipinski definition) is 2. The van der Waals surface area contributed by atoms with Gasteiger partial charge in [0.2, 0.25) is 0 Å². The molecule has 0 radical (unpaired) electrons. The normalized spacial score (nSPS) is 12.8. The molecule has 0 aliphatic rings. The van der Waals surface area contributed by atoms with Crippen LogP contribution in [0.4, 0.5) is 8.78 Å². The summed E-state index contributed by atoms with van der Waals surface area (Å²) in [5, 5.41) is 9.60. The molecule has 0 amide bonds. The molecule has 1 atom stereocenters. The maximum Gasteiger partial charge on any atom is 0.143 e. The van der Waals surface area contributed by atoms with Crippen molar-refractivity contribution in [3.05, 3.63) is 33.8 Å². The third kappa shape index (κ3) is 4.33. The van der Waals surface area contributed by atoms with Crippen LogP contribution in [0, 0.1) is 11.6 Å². The SMILES string of the molecule is CCCOCC(O)Cc1c(F)ccc(Br)c1F. The minimum Gasteiger partial charge on any atom is -0.390 e. The summed E-state index contributed by atoms with van der Waals surface area (Å²) in [6, 6.07) is 2.47. The summed E-state index contributed by atoms with van der Waals surface area (Å²) in [5.74, 6) is -1.32. The standard InChI is InChI=1S/C12H15BrF2O2/c1-2-5-17-7-8(16)6-9-11(14)4-3-10(13)12(9)15/h3-4,8,16H,2,5-7H2,1H3. The highest BCUT2D eigenvalue weighted by Gasteiger charge is 2.16. The van der Waals surface area contributed by atoms with E-state index in [1.165, 1.54) is 12.1 Å². The van der Waals surface area contributed by atoms with Crippen LogP contribution >= 0.6 is 15.9 Å². The zero-order valence-electron chi connectivity index (χ0n) is 9.55. The third-order valence-corrected chi connectivity index (χ3v) is 2.85. The molecule has 17 heavy (non-hydrogen) atoms. The molecule has 5 heteroatoms. The highest BCUT2D eigenvalue weighted by Crippen LogP contribution is 2.22. The fourth-order valence-corrected chi connectivity index (χ4v) is 1.79. The predicted octanol–water partition coefficient (Wildman–Crippen LogP) is 3.06. The fraction of sp³-hybridized carbons (Fsp3) is 0.500. The first-order valence-corrected chi connectivity index (χ1v) is 6.23. The van der Waals surface area contributed by atoms with Crippen molar-refractivity contribution in [3.63, 3.8) is 0 Å². The average molecular weight is 309 g/mol. The Kier molecular flexibility index (Phi) is 6.02. The number of aliphatic hydroxyl groups excluding tert-OH is 1. The van der Waals surface area contributed by atoms with Gasteiger partial charge in [-0.05, 0) is 34.5 Å². The van der Waals surface area contributed by atoms with Gasteiger partial charge in [-0.15, -0.1) is 0 Å². The van der Waals surface area contributed by atoms with E-state index in [2.05, 4.69) is 15.9 Å². The molecule has 0 spiro atoms. The molecule has 96 valence electrons. The van der Waals surface area contributed by atoms with Crippen LogP contribution in [-0.4, -0.2) is 24.4 Å². The Balaban J connectivity index is 2.64. The minimum atomic E-state index is -0.903. The summed E-state index contributed by atoms with van der Waals surface area (Å²) in [4.78, 5) is 0. The van der Waals surface area contributed by atoms with E-state index in [4.69, 9.17) is 4.74 Å². The van der Waals surface area contributed by atoms with Gasteiger partial charge in [-0.3, -0.25) is 0 Å². The monoisotopic (exact) mass is 308 g/mol. The number of hydrogen-bond donors (Lipinski definition) is 1. The van der Waals surface area contributed by atoms with Crippen molar-refractivity contribution in [1.82, 2.24) is 0 Å². The molecule has 0 aromatic heterocycles. The molecule has 1 aromatic rings. The summed E-state index contributed by atoms with van der Waals surface area (Å²) in [6.07, 6.45) is -0.160. The van der Waals surface area contributed by atoms with Gasteiger partial charge in [0.05, 0.1) is 17.2 Å². The van der Waals surface area contributed by atoms with Crippen molar-refractivity contribution in [2.75, 3.05) is 13.2 Å². The molecular weight excluding hydrogens is 294 g/mol. The van der Waals surface area contributed by atoms with Gasteiger partial charge in [0, 0.05) is 18.6 Å². The van der Waals surface area contributed by atoms with E-state index in [1.807, 2.05) is 6.92 Å². The number of aliphatic hydroxyl groups is 1. The van der Waals surface area contributed by atoms with Crippen LogP contribution in [0.1, 0.15) is 18.9 Å². The zero-order valence-corrected chi connectivity index (χ0v) is 11.1. The number of halogens is 3. The van der Waals surface area contributed by atoms with E-state index < -0.39 is 17.7 Å². The average Bonchev–Trinajstić information content (AvgIpc) is 2.30. The fourth-order valence-electron chi connectivity index (χ4n) is 1.41. The first-order valence-electron chi connectivity index (χ1n) is 5.44. The minimum absolute atomic E-state index is 0.0826. The van der Waals surface area contributed by atoms with Crippen molar-refractivity contribution in [3.8, 4) is 0 Å². The van der Waals surface area contributed by atoms with Crippen molar-refractivity contribution < 1.29 is 18.6 Å². The van der Waals surface area contributed by atoms with Crippen LogP contribution in [-0.2, 0) is 11.2 Å². The van der Waals surface area contributed by atoms with Crippen LogP contribution in [0.15, 0.2) is 16.6 Å². The summed E-state index contributed by atoms with van der Waals surface area (Å²) >= 11 is 2.98. The topological polar surface area (TPSA) is 29.5 Å². The molecule has 0 bridgehead atoms. The maximum atomic E-state index is 13.6. The molecule has 2 nitrogen and oxygen atoms in total. The summed E-state index contributed by atoms with van der Waals surface area (Å²) in [6.45, 7) is 2.56. The second-order valence-corrected chi connectivity index (χ2v) is 4.61. The first-order chi connectivity index (χ1) is 8.06. The quantitative estimate of drug-likeness (QED) is 0.646. The molecular formula is C12H15BrF2O2. The Hall–Kier alpha value is -0.520.